The van der Waals surface area contributed by atoms with Gasteiger partial charge in [0, 0.05) is 51.4 Å². The van der Waals surface area contributed by atoms with E-state index in [2.05, 4.69) is 5.32 Å². The summed E-state index contributed by atoms with van der Waals surface area (Å²) in [5.74, 6) is -3.58. The molecule has 52 heavy (non-hydrogen) atoms. The fourth-order valence-corrected chi connectivity index (χ4v) is 4.71. The highest BCUT2D eigenvalue weighted by atomic mass is 16.6. The van der Waals surface area contributed by atoms with E-state index in [1.54, 1.807) is 97.8 Å². The smallest absolute Gasteiger partial charge is 0.320 e. The van der Waals surface area contributed by atoms with E-state index in [0.29, 0.717) is 0 Å². The van der Waals surface area contributed by atoms with Crippen LogP contribution >= 0.6 is 0 Å². The third kappa shape index (κ3) is 22.1. The predicted octanol–water partition coefficient (Wildman–Crippen LogP) is 1.30. The van der Waals surface area contributed by atoms with Gasteiger partial charge in [0.05, 0.1) is 32.7 Å². The van der Waals surface area contributed by atoms with Crippen LogP contribution in [0.15, 0.2) is 12.2 Å². The molecule has 0 radical (unpaired) electrons. The Morgan fingerprint density at radius 3 is 1.10 bits per heavy atom. The maximum Gasteiger partial charge on any atom is 0.320 e. The maximum absolute atomic E-state index is 13.1. The molecule has 1 N–H and O–H groups in total. The number of nitrogens with one attached hydrogen (secondary N) is 1. The third-order valence-electron chi connectivity index (χ3n) is 6.48. The average molecular weight is 740 g/mol. The minimum Gasteiger partial charge on any atom is -0.459 e. The Morgan fingerprint density at radius 2 is 0.808 bits per heavy atom. The van der Waals surface area contributed by atoms with Crippen LogP contribution in [0.4, 0.5) is 0 Å². The molecule has 0 unspecified atom stereocenters. The minimum atomic E-state index is -0.759. The second-order valence-electron chi connectivity index (χ2n) is 16.6. The van der Waals surface area contributed by atoms with Crippen LogP contribution in [0.25, 0.3) is 0 Å². The number of nitrogens with zero attached hydrogens (tertiary/aromatic N) is 4. The van der Waals surface area contributed by atoms with Gasteiger partial charge in [0.25, 0.3) is 11.8 Å². The highest BCUT2D eigenvalue weighted by molar-refractivity contribution is 6.12. The molecule has 0 aromatic rings. The fraction of sp³-hybridized carbons (Fsp3) is 0.750. The Labute approximate surface area is 308 Å². The van der Waals surface area contributed by atoms with Crippen molar-refractivity contribution in [2.24, 2.45) is 0 Å². The summed E-state index contributed by atoms with van der Waals surface area (Å²) < 4.78 is 21.9. The van der Waals surface area contributed by atoms with E-state index in [-0.39, 0.29) is 72.0 Å². The van der Waals surface area contributed by atoms with Crippen LogP contribution in [0.3, 0.4) is 0 Å². The van der Waals surface area contributed by atoms with E-state index >= 15 is 0 Å². The third-order valence-corrected chi connectivity index (χ3v) is 6.48. The Bertz CT molecular complexity index is 1160. The second kappa shape index (κ2) is 19.8. The van der Waals surface area contributed by atoms with Crippen LogP contribution in [0, 0.1) is 0 Å². The summed E-state index contributed by atoms with van der Waals surface area (Å²) in [5.41, 5.74) is -3.04. The maximum atomic E-state index is 13.1. The summed E-state index contributed by atoms with van der Waals surface area (Å²) in [6.45, 7) is 20.3. The summed E-state index contributed by atoms with van der Waals surface area (Å²) in [6, 6.07) is 0. The van der Waals surface area contributed by atoms with Gasteiger partial charge in [-0.25, -0.2) is 0 Å². The van der Waals surface area contributed by atoms with Gasteiger partial charge in [0.2, 0.25) is 5.91 Å². The molecule has 16 heteroatoms. The van der Waals surface area contributed by atoms with Gasteiger partial charge in [0.15, 0.2) is 0 Å². The molecule has 0 saturated heterocycles. The number of amides is 3. The normalized spacial score (nSPS) is 13.9. The molecule has 0 spiro atoms. The van der Waals surface area contributed by atoms with Crippen molar-refractivity contribution in [2.45, 2.75) is 105 Å². The summed E-state index contributed by atoms with van der Waals surface area (Å²) in [6.07, 6.45) is 2.32. The Hall–Kier alpha value is -3.89. The zero-order valence-electron chi connectivity index (χ0n) is 33.2. The molecule has 0 aromatic heterocycles. The van der Waals surface area contributed by atoms with Crippen LogP contribution in [-0.2, 0) is 52.5 Å². The highest BCUT2D eigenvalue weighted by Crippen LogP contribution is 2.12. The van der Waals surface area contributed by atoms with Crippen LogP contribution in [0.2, 0.25) is 0 Å². The number of imide groups is 1. The first kappa shape index (κ1) is 46.1. The van der Waals surface area contributed by atoms with Crippen molar-refractivity contribution in [2.75, 3.05) is 72.0 Å². The van der Waals surface area contributed by atoms with Crippen molar-refractivity contribution in [3.05, 3.63) is 12.2 Å². The first-order valence-electron chi connectivity index (χ1n) is 17.5. The summed E-state index contributed by atoms with van der Waals surface area (Å²) >= 11 is 0. The Balaban J connectivity index is 3.22. The number of hydrogen-bond acceptors (Lipinski definition) is 14. The first-order valence-corrected chi connectivity index (χ1v) is 17.5. The summed E-state index contributed by atoms with van der Waals surface area (Å²) in [5, 5.41) is 2.71. The van der Waals surface area contributed by atoms with Crippen LogP contribution in [-0.4, -0.2) is 156 Å². The average Bonchev–Trinajstić information content (AvgIpc) is 3.22. The van der Waals surface area contributed by atoms with Crippen LogP contribution in [0.5, 0.6) is 0 Å². The SMILES string of the molecule is CC(C)(C)OC(=O)CN(CCN(CCN(CC(=O)OC(C)(C)C)CC(=O)OC(C)(C)C)CC(=O)NCCN1C(=O)C=CC1=O)CC(=O)OC(C)(C)C. The lowest BCUT2D eigenvalue weighted by Crippen LogP contribution is -2.48. The van der Waals surface area contributed by atoms with Gasteiger partial charge in [-0.05, 0) is 83.1 Å². The molecule has 0 atom stereocenters. The van der Waals surface area contributed by atoms with Gasteiger partial charge < -0.3 is 24.3 Å². The van der Waals surface area contributed by atoms with Gasteiger partial charge >= 0.3 is 23.9 Å². The van der Waals surface area contributed by atoms with Gasteiger partial charge in [-0.3, -0.25) is 53.2 Å². The lowest BCUT2D eigenvalue weighted by Gasteiger charge is -2.30. The van der Waals surface area contributed by atoms with Crippen molar-refractivity contribution in [1.29, 1.82) is 0 Å². The van der Waals surface area contributed by atoms with Gasteiger partial charge in [-0.15, -0.1) is 0 Å². The molecule has 296 valence electrons. The monoisotopic (exact) mass is 739 g/mol. The predicted molar refractivity (Wildman–Crippen MR) is 192 cm³/mol. The van der Waals surface area contributed by atoms with Crippen molar-refractivity contribution in [3.63, 3.8) is 0 Å². The van der Waals surface area contributed by atoms with Crippen molar-refractivity contribution < 1.29 is 52.5 Å². The first-order chi connectivity index (χ1) is 23.6. The van der Waals surface area contributed by atoms with E-state index in [4.69, 9.17) is 18.9 Å². The molecule has 0 saturated carbocycles. The number of ether oxygens (including phenoxy) is 4. The topological polar surface area (TPSA) is 181 Å². The second-order valence-corrected chi connectivity index (χ2v) is 16.6. The molecular formula is C36H61N5O11. The van der Waals surface area contributed by atoms with E-state index in [1.807, 2.05) is 0 Å². The molecule has 0 fully saturated rings. The number of rotatable bonds is 19. The Kier molecular flexibility index (Phi) is 17.6. The van der Waals surface area contributed by atoms with Crippen LogP contribution < -0.4 is 5.32 Å². The summed E-state index contributed by atoms with van der Waals surface area (Å²) in [4.78, 5) is 94.0. The van der Waals surface area contributed by atoms with Crippen LogP contribution in [0.1, 0.15) is 83.1 Å². The van der Waals surface area contributed by atoms with Gasteiger partial charge in [0.1, 0.15) is 22.4 Å². The van der Waals surface area contributed by atoms with E-state index < -0.39 is 64.0 Å². The zero-order chi connectivity index (χ0) is 40.1. The standard InChI is InChI=1S/C36H61N5O11/c1-33(2,3)49-29(45)22-39(23-30(46)50-34(4,5)6)19-17-38(21-26(42)37-15-16-41-27(43)13-14-28(41)44)18-20-40(24-31(47)51-35(7,8)9)25-32(48)52-36(10,11)12/h13-14H,15-25H2,1-12H3,(H,37,42). The molecule has 1 aliphatic heterocycles. The van der Waals surface area contributed by atoms with Gasteiger partial charge in [-0.2, -0.15) is 0 Å². The molecule has 1 heterocycles. The van der Waals surface area contributed by atoms with Crippen molar-refractivity contribution in [3.8, 4) is 0 Å². The molecule has 0 aliphatic carbocycles. The zero-order valence-corrected chi connectivity index (χ0v) is 33.2. The molecular weight excluding hydrogens is 678 g/mol. The largest absolute Gasteiger partial charge is 0.459 e. The van der Waals surface area contributed by atoms with Crippen molar-refractivity contribution >= 4 is 41.6 Å². The molecule has 3 amide bonds. The molecule has 0 bridgehead atoms. The van der Waals surface area contributed by atoms with E-state index in [9.17, 15) is 33.6 Å². The Morgan fingerprint density at radius 1 is 0.519 bits per heavy atom. The number of hydrogen-bond donors (Lipinski definition) is 1. The molecule has 1 rings (SSSR count). The highest BCUT2D eigenvalue weighted by Gasteiger charge is 2.27. The van der Waals surface area contributed by atoms with Crippen molar-refractivity contribution in [1.82, 2.24) is 24.9 Å². The van der Waals surface area contributed by atoms with Gasteiger partial charge in [-0.1, -0.05) is 0 Å². The lowest BCUT2D eigenvalue weighted by atomic mass is 10.2. The fourth-order valence-electron chi connectivity index (χ4n) is 4.71. The number of esters is 4. The summed E-state index contributed by atoms with van der Waals surface area (Å²) in [7, 11) is 0. The lowest BCUT2D eigenvalue weighted by molar-refractivity contribution is -0.162. The van der Waals surface area contributed by atoms with E-state index in [1.165, 1.54) is 0 Å². The van der Waals surface area contributed by atoms with E-state index in [0.717, 1.165) is 17.1 Å². The quantitative estimate of drug-likeness (QED) is 0.114. The molecule has 16 nitrogen and oxygen atoms in total. The minimum absolute atomic E-state index is 0.0126. The number of carbonyl (C=O) groups excluding carboxylic acids is 7. The molecule has 0 aromatic carbocycles. The molecule has 1 aliphatic rings. The number of carbonyl (C=O) groups is 7.